The van der Waals surface area contributed by atoms with E-state index in [-0.39, 0.29) is 35.8 Å². The molecule has 0 unspecified atom stereocenters. The van der Waals surface area contributed by atoms with Crippen LogP contribution in [0.4, 0.5) is 19.0 Å². The molecule has 0 radical (unpaired) electrons. The van der Waals surface area contributed by atoms with Crippen LogP contribution in [0.1, 0.15) is 48.6 Å². The van der Waals surface area contributed by atoms with Crippen molar-refractivity contribution in [1.82, 2.24) is 18.7 Å². The number of nitrogens with zero attached hydrogens (tertiary/aromatic N) is 5. The summed E-state index contributed by atoms with van der Waals surface area (Å²) in [4.78, 5) is 34.4. The van der Waals surface area contributed by atoms with E-state index in [0.717, 1.165) is 18.9 Å². The molecule has 0 spiro atoms. The van der Waals surface area contributed by atoms with Gasteiger partial charge in [0.05, 0.1) is 23.1 Å². The lowest BCUT2D eigenvalue weighted by molar-refractivity contribution is -0.138. The lowest BCUT2D eigenvalue weighted by Crippen LogP contribution is -2.41. The van der Waals surface area contributed by atoms with Gasteiger partial charge < -0.3 is 4.57 Å². The number of fused-ring (bicyclic) bond motifs is 1. The summed E-state index contributed by atoms with van der Waals surface area (Å²) in [6, 6.07) is 5.44. The van der Waals surface area contributed by atoms with Crippen LogP contribution >= 0.6 is 11.6 Å². The summed E-state index contributed by atoms with van der Waals surface area (Å²) in [5, 5.41) is 0.289. The molecule has 3 aromatic rings. The number of unbranched alkanes of at least 4 members (excludes halogenated alkanes) is 1. The maximum atomic E-state index is 13.3. The van der Waals surface area contributed by atoms with E-state index in [4.69, 9.17) is 11.6 Å². The number of alkyl halides is 3. The fourth-order valence-electron chi connectivity index (χ4n) is 4.21. The quantitative estimate of drug-likeness (QED) is 0.427. The number of hydrogen-bond acceptors (Lipinski definition) is 4. The molecule has 0 saturated carbocycles. The second-order valence-corrected chi connectivity index (χ2v) is 8.94. The van der Waals surface area contributed by atoms with Crippen molar-refractivity contribution >= 4 is 22.6 Å². The summed E-state index contributed by atoms with van der Waals surface area (Å²) >= 11 is 6.05. The Bertz CT molecular complexity index is 1370. The van der Waals surface area contributed by atoms with E-state index >= 15 is 0 Å². The number of benzene rings is 1. The van der Waals surface area contributed by atoms with Crippen LogP contribution in [0.2, 0.25) is 0 Å². The maximum absolute atomic E-state index is 13.3. The van der Waals surface area contributed by atoms with Crippen molar-refractivity contribution in [2.75, 3.05) is 0 Å². The van der Waals surface area contributed by atoms with Crippen molar-refractivity contribution in [3.63, 3.8) is 0 Å². The third-order valence-electron chi connectivity index (χ3n) is 5.95. The molecule has 186 valence electrons. The molecule has 1 aromatic carbocycles. The normalized spacial score (nSPS) is 13.2. The fourth-order valence-corrected chi connectivity index (χ4v) is 4.43. The predicted octanol–water partition coefficient (Wildman–Crippen LogP) is 4.53. The van der Waals surface area contributed by atoms with E-state index in [1.165, 1.54) is 27.6 Å². The Morgan fingerprint density at radius 3 is 2.57 bits per heavy atom. The minimum Gasteiger partial charge on any atom is -0.333 e. The summed E-state index contributed by atoms with van der Waals surface area (Å²) in [7, 11) is 0. The molecule has 0 amide bonds. The summed E-state index contributed by atoms with van der Waals surface area (Å²) in [6.07, 6.45) is 1.54. The molecule has 0 bridgehead atoms. The van der Waals surface area contributed by atoms with Crippen molar-refractivity contribution in [3.05, 3.63) is 80.0 Å². The first-order valence-electron chi connectivity index (χ1n) is 11.4. The molecule has 3 heterocycles. The zero-order chi connectivity index (χ0) is 25.2. The second-order valence-electron chi connectivity index (χ2n) is 8.51. The number of aryl methyl sites for hydroxylation is 1. The molecule has 7 nitrogen and oxygen atoms in total. The van der Waals surface area contributed by atoms with Crippen LogP contribution in [0, 0.1) is 0 Å². The number of halogens is 4. The second kappa shape index (κ2) is 10.2. The van der Waals surface area contributed by atoms with E-state index in [2.05, 4.69) is 9.98 Å². The summed E-state index contributed by atoms with van der Waals surface area (Å²) in [5.41, 5.74) is -0.213. The Kier molecular flexibility index (Phi) is 7.30. The van der Waals surface area contributed by atoms with Gasteiger partial charge in [-0.15, -0.1) is 0 Å². The third-order valence-corrected chi connectivity index (χ3v) is 6.17. The van der Waals surface area contributed by atoms with Gasteiger partial charge in [0.15, 0.2) is 0 Å². The highest BCUT2D eigenvalue weighted by atomic mass is 35.5. The zero-order valence-corrected chi connectivity index (χ0v) is 19.9. The van der Waals surface area contributed by atoms with Gasteiger partial charge in [-0.1, -0.05) is 43.1 Å². The molecule has 0 fully saturated rings. The van der Waals surface area contributed by atoms with Gasteiger partial charge >= 0.3 is 11.9 Å². The van der Waals surface area contributed by atoms with Gasteiger partial charge in [-0.25, -0.2) is 14.8 Å². The molecular formula is C24H25ClF3N5O2. The summed E-state index contributed by atoms with van der Waals surface area (Å²) in [6.45, 7) is 2.70. The summed E-state index contributed by atoms with van der Waals surface area (Å²) < 4.78 is 44.1. The van der Waals surface area contributed by atoms with Crippen molar-refractivity contribution in [2.24, 2.45) is 4.99 Å². The van der Waals surface area contributed by atoms with Crippen LogP contribution in [-0.4, -0.2) is 23.9 Å². The molecule has 0 aliphatic carbocycles. The van der Waals surface area contributed by atoms with Crippen molar-refractivity contribution in [2.45, 2.75) is 64.8 Å². The number of aromatic nitrogens is 4. The first-order chi connectivity index (χ1) is 16.7. The van der Waals surface area contributed by atoms with Crippen LogP contribution in [0.25, 0.3) is 0 Å². The van der Waals surface area contributed by atoms with E-state index in [0.29, 0.717) is 36.5 Å². The fraction of sp³-hybridized carbons (Fsp3) is 0.417. The minimum atomic E-state index is -4.43. The number of imidazole rings is 1. The number of rotatable bonds is 9. The molecule has 0 saturated heterocycles. The van der Waals surface area contributed by atoms with E-state index in [1.54, 1.807) is 16.8 Å². The maximum Gasteiger partial charge on any atom is 0.416 e. The molecule has 0 atom stereocenters. The minimum absolute atomic E-state index is 0.0376. The summed E-state index contributed by atoms with van der Waals surface area (Å²) in [5.74, 6) is 0.354. The van der Waals surface area contributed by atoms with E-state index < -0.39 is 17.4 Å². The topological polar surface area (TPSA) is 74.2 Å². The average molecular weight is 508 g/mol. The Morgan fingerprint density at radius 2 is 1.83 bits per heavy atom. The zero-order valence-electron chi connectivity index (χ0n) is 19.2. The predicted molar refractivity (Wildman–Crippen MR) is 128 cm³/mol. The molecule has 0 N–H and O–H groups in total. The lowest BCUT2D eigenvalue weighted by atomic mass is 10.1. The highest BCUT2D eigenvalue weighted by Gasteiger charge is 2.32. The highest BCUT2D eigenvalue weighted by Crippen LogP contribution is 2.32. The Hall–Kier alpha value is -3.14. The van der Waals surface area contributed by atoms with Crippen molar-refractivity contribution in [3.8, 4) is 0 Å². The standard InChI is InChI=1S/C24H25ClF3N5O2/c1-2-3-10-32-21-18(12-20(25)30-21)22(34)33(23(32)35)11-6-8-17-14-31(15-29-17)13-16-7-4-5-9-19(16)24(26,27)28/h4-5,7,9,14-15H,2-3,6,8,10-13H2,1H3. The van der Waals surface area contributed by atoms with E-state index in [9.17, 15) is 22.8 Å². The molecule has 1 aliphatic rings. The van der Waals surface area contributed by atoms with Gasteiger partial charge in [-0.05, 0) is 30.9 Å². The first kappa shape index (κ1) is 25.0. The Morgan fingerprint density at radius 1 is 1.09 bits per heavy atom. The van der Waals surface area contributed by atoms with Gasteiger partial charge in [0.25, 0.3) is 5.56 Å². The SMILES string of the molecule is CCCCn1c2c(c(=O)n(CCCc3cn(Cc4ccccc4C(F)(F)F)cn3)c1=O)CC(Cl)=N2. The third kappa shape index (κ3) is 5.42. The molecule has 1 aliphatic heterocycles. The molecule has 35 heavy (non-hydrogen) atoms. The van der Waals surface area contributed by atoms with Gasteiger partial charge in [-0.2, -0.15) is 13.2 Å². The number of hydrogen-bond donors (Lipinski definition) is 0. The smallest absolute Gasteiger partial charge is 0.333 e. The van der Waals surface area contributed by atoms with Crippen LogP contribution < -0.4 is 11.2 Å². The van der Waals surface area contributed by atoms with Gasteiger partial charge in [0.1, 0.15) is 11.0 Å². The highest BCUT2D eigenvalue weighted by molar-refractivity contribution is 6.66. The molecular weight excluding hydrogens is 483 g/mol. The Labute approximate surface area is 204 Å². The van der Waals surface area contributed by atoms with Gasteiger partial charge in [0.2, 0.25) is 0 Å². The van der Waals surface area contributed by atoms with Crippen LogP contribution in [0.5, 0.6) is 0 Å². The first-order valence-corrected chi connectivity index (χ1v) is 11.8. The van der Waals surface area contributed by atoms with Crippen molar-refractivity contribution in [1.29, 1.82) is 0 Å². The number of aliphatic imine (C=N–C) groups is 1. The molecule has 2 aromatic heterocycles. The molecule has 11 heteroatoms. The molecule has 4 rings (SSSR count). The average Bonchev–Trinajstić information content (AvgIpc) is 3.42. The monoisotopic (exact) mass is 507 g/mol. The van der Waals surface area contributed by atoms with Gasteiger partial charge in [0, 0.05) is 32.3 Å². The van der Waals surface area contributed by atoms with Gasteiger partial charge in [-0.3, -0.25) is 13.9 Å². The van der Waals surface area contributed by atoms with Crippen LogP contribution in [0.3, 0.4) is 0 Å². The Balaban J connectivity index is 1.47. The van der Waals surface area contributed by atoms with Crippen LogP contribution in [0.15, 0.2) is 51.4 Å². The lowest BCUT2D eigenvalue weighted by Gasteiger charge is -2.13. The largest absolute Gasteiger partial charge is 0.416 e. The van der Waals surface area contributed by atoms with Crippen molar-refractivity contribution < 1.29 is 13.2 Å². The van der Waals surface area contributed by atoms with E-state index in [1.807, 2.05) is 6.92 Å². The van der Waals surface area contributed by atoms with Crippen LogP contribution in [-0.2, 0) is 38.7 Å².